The maximum Gasteiger partial charge on any atom is 0.232 e. The first kappa shape index (κ1) is 19.8. The molecule has 1 atom stereocenters. The smallest absolute Gasteiger partial charge is 0.232 e. The third-order valence-electron chi connectivity index (χ3n) is 6.42. The second-order valence-electron chi connectivity index (χ2n) is 8.50. The lowest BCUT2D eigenvalue weighted by Gasteiger charge is -2.33. The van der Waals surface area contributed by atoms with Gasteiger partial charge < -0.3 is 10.1 Å². The van der Waals surface area contributed by atoms with E-state index in [2.05, 4.69) is 52.7 Å². The van der Waals surface area contributed by atoms with Crippen molar-refractivity contribution in [1.29, 1.82) is 0 Å². The number of piperidine rings is 1. The number of nitrogens with one attached hydrogen (secondary N) is 1. The number of carbonyl (C=O) groups is 1. The van der Waals surface area contributed by atoms with E-state index >= 15 is 0 Å². The Kier molecular flexibility index (Phi) is 5.72. The first-order valence-electron chi connectivity index (χ1n) is 11.1. The molecule has 0 radical (unpaired) electrons. The Hall–Kier alpha value is -3.11. The summed E-state index contributed by atoms with van der Waals surface area (Å²) in [5, 5.41) is 3.36. The molecule has 0 aromatic heterocycles. The summed E-state index contributed by atoms with van der Waals surface area (Å²) in [6, 6.07) is 26.9. The Bertz CT molecular complexity index is 994. The summed E-state index contributed by atoms with van der Waals surface area (Å²) in [4.78, 5) is 16.0. The van der Waals surface area contributed by atoms with Gasteiger partial charge >= 0.3 is 0 Å². The summed E-state index contributed by atoms with van der Waals surface area (Å²) in [6.45, 7) is 3.47. The quantitative estimate of drug-likeness (QED) is 0.686. The van der Waals surface area contributed by atoms with Gasteiger partial charge in [-0.25, -0.2) is 0 Å². The normalized spacial score (nSPS) is 18.9. The minimum Gasteiger partial charge on any atom is -0.489 e. The molecule has 1 amide bonds. The topological polar surface area (TPSA) is 41.6 Å². The molecule has 158 valence electrons. The van der Waals surface area contributed by atoms with Crippen LogP contribution in [0.1, 0.15) is 41.0 Å². The van der Waals surface area contributed by atoms with Gasteiger partial charge in [0.2, 0.25) is 5.91 Å². The molecule has 0 spiro atoms. The van der Waals surface area contributed by atoms with Gasteiger partial charge in [-0.15, -0.1) is 0 Å². The number of hydrogen-bond acceptors (Lipinski definition) is 3. The summed E-state index contributed by atoms with van der Waals surface area (Å²) < 4.78 is 6.03. The molecule has 31 heavy (non-hydrogen) atoms. The van der Waals surface area contributed by atoms with Crippen LogP contribution in [-0.2, 0) is 17.9 Å². The summed E-state index contributed by atoms with van der Waals surface area (Å²) >= 11 is 0. The van der Waals surface area contributed by atoms with Crippen molar-refractivity contribution in [1.82, 2.24) is 10.2 Å². The summed E-state index contributed by atoms with van der Waals surface area (Å²) in [7, 11) is 0. The molecule has 3 aromatic carbocycles. The Morgan fingerprint density at radius 2 is 1.55 bits per heavy atom. The van der Waals surface area contributed by atoms with Crippen molar-refractivity contribution in [3.8, 4) is 5.75 Å². The molecule has 0 bridgehead atoms. The van der Waals surface area contributed by atoms with E-state index < -0.39 is 0 Å². The van der Waals surface area contributed by atoms with Gasteiger partial charge in [0.05, 0.1) is 5.92 Å². The number of likely N-dealkylation sites (tertiary alicyclic amines) is 1. The number of nitrogens with zero attached hydrogens (tertiary/aromatic N) is 1. The molecule has 5 rings (SSSR count). The molecule has 3 aromatic rings. The number of hydrogen-bond donors (Lipinski definition) is 1. The zero-order valence-electron chi connectivity index (χ0n) is 17.7. The lowest BCUT2D eigenvalue weighted by molar-refractivity contribution is -0.122. The Labute approximate surface area is 183 Å². The molecule has 1 fully saturated rings. The largest absolute Gasteiger partial charge is 0.489 e. The molecular formula is C27H28N2O2. The molecule has 2 aliphatic rings. The van der Waals surface area contributed by atoms with Crippen LogP contribution in [0.25, 0.3) is 0 Å². The highest BCUT2D eigenvalue weighted by Gasteiger charge is 2.32. The molecule has 1 unspecified atom stereocenters. The predicted molar refractivity (Wildman–Crippen MR) is 122 cm³/mol. The van der Waals surface area contributed by atoms with E-state index in [0.29, 0.717) is 6.61 Å². The van der Waals surface area contributed by atoms with Crippen molar-refractivity contribution in [2.45, 2.75) is 38.0 Å². The van der Waals surface area contributed by atoms with E-state index in [1.54, 1.807) is 0 Å². The first-order chi connectivity index (χ1) is 15.3. The van der Waals surface area contributed by atoms with Gasteiger partial charge in [0.15, 0.2) is 0 Å². The highest BCUT2D eigenvalue weighted by atomic mass is 16.5. The fraction of sp³-hybridized carbons (Fsp3) is 0.296. The molecule has 2 aliphatic heterocycles. The number of benzene rings is 3. The van der Waals surface area contributed by atoms with Crippen LogP contribution in [0.2, 0.25) is 0 Å². The van der Waals surface area contributed by atoms with Gasteiger partial charge in [-0.1, -0.05) is 72.8 Å². The summed E-state index contributed by atoms with van der Waals surface area (Å²) in [5.41, 5.74) is 4.42. The second-order valence-corrected chi connectivity index (χ2v) is 8.50. The van der Waals surface area contributed by atoms with E-state index in [-0.39, 0.29) is 17.9 Å². The maximum absolute atomic E-state index is 13.5. The van der Waals surface area contributed by atoms with Crippen LogP contribution < -0.4 is 10.1 Å². The fourth-order valence-corrected chi connectivity index (χ4v) is 4.76. The van der Waals surface area contributed by atoms with E-state index in [1.165, 1.54) is 5.56 Å². The zero-order valence-corrected chi connectivity index (χ0v) is 17.7. The van der Waals surface area contributed by atoms with Crippen LogP contribution in [-0.4, -0.2) is 29.9 Å². The molecule has 0 saturated carbocycles. The van der Waals surface area contributed by atoms with Crippen molar-refractivity contribution in [2.75, 3.05) is 13.1 Å². The predicted octanol–water partition coefficient (Wildman–Crippen LogP) is 4.49. The summed E-state index contributed by atoms with van der Waals surface area (Å²) in [6.07, 6.45) is 1.95. The number of fused-ring (bicyclic) bond motifs is 2. The molecule has 2 heterocycles. The number of amides is 1. The van der Waals surface area contributed by atoms with Crippen LogP contribution in [0.15, 0.2) is 78.9 Å². The van der Waals surface area contributed by atoms with Gasteiger partial charge in [-0.2, -0.15) is 0 Å². The van der Waals surface area contributed by atoms with E-state index in [0.717, 1.165) is 54.9 Å². The summed E-state index contributed by atoms with van der Waals surface area (Å²) in [5.74, 6) is 0.542. The third-order valence-corrected chi connectivity index (χ3v) is 6.42. The number of carbonyl (C=O) groups excluding carboxylic acids is 1. The van der Waals surface area contributed by atoms with Gasteiger partial charge in [0.1, 0.15) is 12.4 Å². The molecule has 1 saturated heterocycles. The standard InChI is InChI=1S/C27H28N2O2/c30-27(28-22-14-16-29(17-15-22)18-20-8-2-1-3-9-20)26-23-11-5-4-10-21(23)19-31-25-13-7-6-12-24(25)26/h1-13,22,26H,14-19H2,(H,28,30). The van der Waals surface area contributed by atoms with E-state index in [9.17, 15) is 4.79 Å². The Morgan fingerprint density at radius 1 is 0.871 bits per heavy atom. The van der Waals surface area contributed by atoms with Gasteiger partial charge in [-0.05, 0) is 35.6 Å². The average molecular weight is 413 g/mol. The molecular weight excluding hydrogens is 384 g/mol. The number of rotatable bonds is 4. The zero-order chi connectivity index (χ0) is 21.0. The lowest BCUT2D eigenvalue weighted by Crippen LogP contribution is -2.45. The van der Waals surface area contributed by atoms with E-state index in [4.69, 9.17) is 4.74 Å². The van der Waals surface area contributed by atoms with Crippen molar-refractivity contribution in [2.24, 2.45) is 0 Å². The van der Waals surface area contributed by atoms with Crippen molar-refractivity contribution < 1.29 is 9.53 Å². The minimum atomic E-state index is -0.336. The third kappa shape index (κ3) is 4.35. The van der Waals surface area contributed by atoms with E-state index in [1.807, 2.05) is 36.4 Å². The van der Waals surface area contributed by atoms with Crippen molar-refractivity contribution in [3.05, 3.63) is 101 Å². The SMILES string of the molecule is O=C(NC1CCN(Cc2ccccc2)CC1)C1c2ccccc2COc2ccccc21. The number of para-hydroxylation sites is 1. The Balaban J connectivity index is 1.29. The van der Waals surface area contributed by atoms with Gasteiger partial charge in [-0.3, -0.25) is 9.69 Å². The van der Waals surface area contributed by atoms with Crippen molar-refractivity contribution in [3.63, 3.8) is 0 Å². The molecule has 4 heteroatoms. The van der Waals surface area contributed by atoms with Crippen LogP contribution in [0.5, 0.6) is 5.75 Å². The number of ether oxygens (including phenoxy) is 1. The molecule has 4 nitrogen and oxygen atoms in total. The fourth-order valence-electron chi connectivity index (χ4n) is 4.76. The maximum atomic E-state index is 13.5. The van der Waals surface area contributed by atoms with Crippen molar-refractivity contribution >= 4 is 5.91 Å². The average Bonchev–Trinajstić information content (AvgIpc) is 2.98. The van der Waals surface area contributed by atoms with Gasteiger partial charge in [0, 0.05) is 31.2 Å². The highest BCUT2D eigenvalue weighted by Crippen LogP contribution is 2.37. The monoisotopic (exact) mass is 412 g/mol. The van der Waals surface area contributed by atoms with Crippen LogP contribution in [0.3, 0.4) is 0 Å². The molecule has 1 N–H and O–H groups in total. The van der Waals surface area contributed by atoms with Gasteiger partial charge in [0.25, 0.3) is 0 Å². The van der Waals surface area contributed by atoms with Crippen LogP contribution in [0.4, 0.5) is 0 Å². The van der Waals surface area contributed by atoms with Crippen LogP contribution >= 0.6 is 0 Å². The Morgan fingerprint density at radius 3 is 2.35 bits per heavy atom. The van der Waals surface area contributed by atoms with Crippen LogP contribution in [0, 0.1) is 0 Å². The first-order valence-corrected chi connectivity index (χ1v) is 11.1. The highest BCUT2D eigenvalue weighted by molar-refractivity contribution is 5.88. The second kappa shape index (κ2) is 8.94. The lowest BCUT2D eigenvalue weighted by atomic mass is 9.87. The minimum absolute atomic E-state index is 0.0758. The molecule has 0 aliphatic carbocycles.